The smallest absolute Gasteiger partial charge is 0.321 e. The molecule has 0 aromatic heterocycles. The molecule has 142 valence electrons. The van der Waals surface area contributed by atoms with Crippen LogP contribution in [0.2, 0.25) is 0 Å². The molecule has 2 bridgehead atoms. The number of Topliss-reactive ketones (excluding diaryl/α,β-unsaturated/α-hetero) is 2. The van der Waals surface area contributed by atoms with E-state index in [9.17, 15) is 22.8 Å². The first-order valence-corrected chi connectivity index (χ1v) is 9.90. The van der Waals surface area contributed by atoms with Gasteiger partial charge in [-0.1, -0.05) is 13.8 Å². The normalized spacial score (nSPS) is 30.1. The summed E-state index contributed by atoms with van der Waals surface area (Å²) in [6.07, 6.45) is 1.74. The average molecular weight is 374 g/mol. The Bertz CT molecular complexity index is 709. The van der Waals surface area contributed by atoms with Crippen molar-refractivity contribution in [2.45, 2.75) is 47.0 Å². The number of ketones is 2. The van der Waals surface area contributed by atoms with Gasteiger partial charge in [-0.05, 0) is 38.0 Å². The highest BCUT2D eigenvalue weighted by molar-refractivity contribution is 7.86. The zero-order chi connectivity index (χ0) is 19.3. The number of esters is 1. The highest BCUT2D eigenvalue weighted by atomic mass is 32.2. The fourth-order valence-corrected chi connectivity index (χ4v) is 5.97. The molecule has 2 aliphatic carbocycles. The lowest BCUT2D eigenvalue weighted by Gasteiger charge is -2.36. The third kappa shape index (κ3) is 3.03. The van der Waals surface area contributed by atoms with E-state index in [1.807, 2.05) is 13.8 Å². The summed E-state index contributed by atoms with van der Waals surface area (Å²) in [6, 6.07) is 0. The summed E-state index contributed by atoms with van der Waals surface area (Å²) < 4.78 is 34.7. The summed E-state index contributed by atoms with van der Waals surface area (Å²) in [5.74, 6) is -1.68. The third-order valence-electron chi connectivity index (χ3n) is 6.50. The molecule has 0 amide bonds. The van der Waals surface area contributed by atoms with Crippen LogP contribution < -0.4 is 0 Å². The minimum absolute atomic E-state index is 0.0387. The molecule has 2 aliphatic rings. The summed E-state index contributed by atoms with van der Waals surface area (Å²) in [5, 5.41) is 0. The Balaban J connectivity index is 2.19. The van der Waals surface area contributed by atoms with Crippen molar-refractivity contribution in [3.05, 3.63) is 0 Å². The second-order valence-corrected chi connectivity index (χ2v) is 9.65. The number of carbonyl (C=O) groups excluding carboxylic acids is 3. The highest BCUT2D eigenvalue weighted by Crippen LogP contribution is 2.64. The molecule has 0 aromatic carbocycles. The van der Waals surface area contributed by atoms with Gasteiger partial charge in [-0.2, -0.15) is 8.42 Å². The maximum absolute atomic E-state index is 12.5. The van der Waals surface area contributed by atoms with E-state index in [2.05, 4.69) is 4.74 Å². The van der Waals surface area contributed by atoms with Crippen LogP contribution in [-0.2, 0) is 33.4 Å². The lowest BCUT2D eigenvalue weighted by Crippen LogP contribution is -2.45. The topological polar surface area (TPSA) is 104 Å². The molecule has 0 saturated heterocycles. The molecule has 3 atom stereocenters. The third-order valence-corrected chi connectivity index (χ3v) is 7.83. The zero-order valence-corrected chi connectivity index (χ0v) is 16.2. The van der Waals surface area contributed by atoms with Crippen molar-refractivity contribution < 1.29 is 31.7 Å². The van der Waals surface area contributed by atoms with E-state index in [0.717, 1.165) is 13.5 Å². The van der Waals surface area contributed by atoms with Crippen molar-refractivity contribution in [1.29, 1.82) is 0 Å². The van der Waals surface area contributed by atoms with Gasteiger partial charge in [0, 0.05) is 6.42 Å². The number of hydrogen-bond acceptors (Lipinski definition) is 7. The van der Waals surface area contributed by atoms with Gasteiger partial charge in [0.25, 0.3) is 10.1 Å². The number of methoxy groups -OCH3 is 1. The zero-order valence-electron chi connectivity index (χ0n) is 15.4. The predicted molar refractivity (Wildman–Crippen MR) is 89.1 cm³/mol. The number of hydrogen-bond donors (Lipinski definition) is 0. The van der Waals surface area contributed by atoms with Gasteiger partial charge in [0.05, 0.1) is 24.9 Å². The number of carbonyl (C=O) groups is 3. The maximum atomic E-state index is 12.5. The number of ether oxygens (including phenoxy) is 1. The summed E-state index contributed by atoms with van der Waals surface area (Å²) in [5.41, 5.74) is -3.06. The van der Waals surface area contributed by atoms with Gasteiger partial charge in [0.1, 0.15) is 17.0 Å². The Labute approximate surface area is 148 Å². The van der Waals surface area contributed by atoms with Crippen molar-refractivity contribution >= 4 is 27.7 Å². The predicted octanol–water partition coefficient (Wildman–Crippen LogP) is 1.50. The maximum Gasteiger partial charge on any atom is 0.321 e. The first-order valence-electron chi connectivity index (χ1n) is 8.32. The van der Waals surface area contributed by atoms with Crippen molar-refractivity contribution in [3.8, 4) is 0 Å². The van der Waals surface area contributed by atoms with Crippen LogP contribution in [0.25, 0.3) is 0 Å². The Morgan fingerprint density at radius 3 is 2.32 bits per heavy atom. The lowest BCUT2D eigenvalue weighted by molar-refractivity contribution is -0.158. The van der Waals surface area contributed by atoms with Gasteiger partial charge in [0.15, 0.2) is 0 Å². The van der Waals surface area contributed by atoms with E-state index in [0.29, 0.717) is 12.8 Å². The first kappa shape index (κ1) is 20.0. The van der Waals surface area contributed by atoms with Crippen molar-refractivity contribution in [2.75, 3.05) is 19.5 Å². The largest absolute Gasteiger partial charge is 0.468 e. The summed E-state index contributed by atoms with van der Waals surface area (Å²) in [4.78, 5) is 36.1. The van der Waals surface area contributed by atoms with E-state index in [1.54, 1.807) is 0 Å². The molecule has 0 radical (unpaired) electrons. The average Bonchev–Trinajstić information content (AvgIpc) is 2.85. The van der Waals surface area contributed by atoms with E-state index >= 15 is 0 Å². The van der Waals surface area contributed by atoms with Crippen LogP contribution in [0.15, 0.2) is 0 Å². The number of fused-ring (bicyclic) bond motifs is 2. The second-order valence-electron chi connectivity index (χ2n) is 8.01. The molecular weight excluding hydrogens is 348 g/mol. The van der Waals surface area contributed by atoms with Crippen LogP contribution in [0, 0.1) is 22.2 Å². The van der Waals surface area contributed by atoms with Crippen LogP contribution >= 0.6 is 0 Å². The standard InChI is InChI=1S/C17H26O7S/c1-11(18)16(4,14(20)23-5)9-24-25(21,22)10-17-7-6-12(8-13(17)19)15(17,2)3/h12H,6-10H2,1-5H3. The van der Waals surface area contributed by atoms with E-state index in [1.165, 1.54) is 13.8 Å². The van der Waals surface area contributed by atoms with Crippen LogP contribution in [0.1, 0.15) is 47.0 Å². The molecule has 0 spiro atoms. The Hall–Kier alpha value is -1.28. The molecule has 0 N–H and O–H groups in total. The number of rotatable bonds is 7. The van der Waals surface area contributed by atoms with Crippen LogP contribution in [0.3, 0.4) is 0 Å². The summed E-state index contributed by atoms with van der Waals surface area (Å²) >= 11 is 0. The Morgan fingerprint density at radius 2 is 1.92 bits per heavy atom. The Morgan fingerprint density at radius 1 is 1.32 bits per heavy atom. The first-order chi connectivity index (χ1) is 11.3. The second kappa shape index (κ2) is 6.16. The van der Waals surface area contributed by atoms with Gasteiger partial charge in [-0.15, -0.1) is 0 Å². The molecule has 0 aliphatic heterocycles. The van der Waals surface area contributed by atoms with Crippen LogP contribution in [0.5, 0.6) is 0 Å². The fourth-order valence-electron chi connectivity index (χ4n) is 4.19. The molecule has 2 fully saturated rings. The molecule has 0 aromatic rings. The molecular formula is C17H26O7S. The summed E-state index contributed by atoms with van der Waals surface area (Å²) in [7, 11) is -2.98. The van der Waals surface area contributed by atoms with Gasteiger partial charge < -0.3 is 4.74 Å². The monoisotopic (exact) mass is 374 g/mol. The minimum Gasteiger partial charge on any atom is -0.468 e. The highest BCUT2D eigenvalue weighted by Gasteiger charge is 2.65. The minimum atomic E-state index is -4.10. The van der Waals surface area contributed by atoms with E-state index in [-0.39, 0.29) is 11.7 Å². The van der Waals surface area contributed by atoms with Crippen molar-refractivity contribution in [1.82, 2.24) is 0 Å². The van der Waals surface area contributed by atoms with Gasteiger partial charge >= 0.3 is 5.97 Å². The molecule has 8 heteroatoms. The molecule has 0 heterocycles. The lowest BCUT2D eigenvalue weighted by atomic mass is 9.70. The molecule has 7 nitrogen and oxygen atoms in total. The van der Waals surface area contributed by atoms with Gasteiger partial charge in [0.2, 0.25) is 0 Å². The van der Waals surface area contributed by atoms with Crippen molar-refractivity contribution in [2.24, 2.45) is 22.2 Å². The Kier molecular flexibility index (Phi) is 4.94. The molecule has 2 rings (SSSR count). The van der Waals surface area contributed by atoms with Crippen LogP contribution in [-0.4, -0.2) is 45.4 Å². The van der Waals surface area contributed by atoms with E-state index < -0.39 is 50.5 Å². The quantitative estimate of drug-likeness (QED) is 0.378. The van der Waals surface area contributed by atoms with Gasteiger partial charge in [-0.3, -0.25) is 18.6 Å². The van der Waals surface area contributed by atoms with Crippen LogP contribution in [0.4, 0.5) is 0 Å². The van der Waals surface area contributed by atoms with Gasteiger partial charge in [-0.25, -0.2) is 0 Å². The molecule has 3 unspecified atom stereocenters. The fraction of sp³-hybridized carbons (Fsp3) is 0.824. The molecule has 2 saturated carbocycles. The van der Waals surface area contributed by atoms with Crippen molar-refractivity contribution in [3.63, 3.8) is 0 Å². The SMILES string of the molecule is COC(=O)C(C)(COS(=O)(=O)CC12CCC(CC1=O)C2(C)C)C(C)=O. The summed E-state index contributed by atoms with van der Waals surface area (Å²) in [6.45, 7) is 5.69. The molecule has 25 heavy (non-hydrogen) atoms. The van der Waals surface area contributed by atoms with E-state index in [4.69, 9.17) is 4.18 Å².